The summed E-state index contributed by atoms with van der Waals surface area (Å²) in [6.07, 6.45) is 10.8. The molecule has 29 heavy (non-hydrogen) atoms. The summed E-state index contributed by atoms with van der Waals surface area (Å²) in [5.41, 5.74) is 0. The van der Waals surface area contributed by atoms with Crippen molar-refractivity contribution in [3.63, 3.8) is 0 Å². The van der Waals surface area contributed by atoms with E-state index in [2.05, 4.69) is 10.1 Å². The van der Waals surface area contributed by atoms with Crippen molar-refractivity contribution in [3.05, 3.63) is 11.7 Å². The van der Waals surface area contributed by atoms with Crippen molar-refractivity contribution in [1.29, 1.82) is 0 Å². The summed E-state index contributed by atoms with van der Waals surface area (Å²) >= 11 is 0. The van der Waals surface area contributed by atoms with Gasteiger partial charge in [0.05, 0.1) is 12.5 Å². The van der Waals surface area contributed by atoms with E-state index in [0.29, 0.717) is 36.6 Å². The van der Waals surface area contributed by atoms with Crippen molar-refractivity contribution in [3.8, 4) is 0 Å². The van der Waals surface area contributed by atoms with Crippen molar-refractivity contribution >= 4 is 5.91 Å². The molecule has 4 rings (SSSR count). The average Bonchev–Trinajstić information content (AvgIpc) is 3.35. The van der Waals surface area contributed by atoms with Gasteiger partial charge in [-0.25, -0.2) is 0 Å². The van der Waals surface area contributed by atoms with E-state index in [1.54, 1.807) is 0 Å². The van der Waals surface area contributed by atoms with Crippen LogP contribution in [-0.2, 0) is 20.7 Å². The van der Waals surface area contributed by atoms with Crippen LogP contribution in [0.3, 0.4) is 0 Å². The normalized spacial score (nSPS) is 24.7. The zero-order valence-electron chi connectivity index (χ0n) is 17.5. The van der Waals surface area contributed by atoms with E-state index in [4.69, 9.17) is 14.0 Å². The van der Waals surface area contributed by atoms with Crippen LogP contribution in [0.4, 0.5) is 0 Å². The van der Waals surface area contributed by atoms with Crippen LogP contribution < -0.4 is 0 Å². The lowest BCUT2D eigenvalue weighted by atomic mass is 9.99. The zero-order valence-corrected chi connectivity index (χ0v) is 17.5. The lowest BCUT2D eigenvalue weighted by molar-refractivity contribution is -0.134. The minimum Gasteiger partial charge on any atom is -0.381 e. The highest BCUT2D eigenvalue weighted by Gasteiger charge is 2.34. The number of carbonyl (C=O) groups is 1. The van der Waals surface area contributed by atoms with E-state index < -0.39 is 0 Å². The second-order valence-corrected chi connectivity index (χ2v) is 8.89. The molecule has 0 aromatic carbocycles. The maximum Gasteiger partial charge on any atom is 0.231 e. The third-order valence-corrected chi connectivity index (χ3v) is 6.70. The molecular formula is C22H35N3O4. The number of hydrogen-bond acceptors (Lipinski definition) is 6. The molecule has 1 aromatic rings. The van der Waals surface area contributed by atoms with E-state index in [1.165, 1.54) is 25.7 Å². The van der Waals surface area contributed by atoms with Gasteiger partial charge in [-0.2, -0.15) is 4.98 Å². The number of ether oxygens (including phenoxy) is 2. The minimum atomic E-state index is 0.175. The minimum absolute atomic E-state index is 0.175. The highest BCUT2D eigenvalue weighted by molar-refractivity contribution is 5.79. The van der Waals surface area contributed by atoms with Gasteiger partial charge >= 0.3 is 0 Å². The van der Waals surface area contributed by atoms with Crippen LogP contribution >= 0.6 is 0 Å². The molecule has 2 saturated heterocycles. The number of aromatic nitrogens is 2. The lowest BCUT2D eigenvalue weighted by Crippen LogP contribution is -2.34. The molecule has 0 radical (unpaired) electrons. The number of amides is 1. The van der Waals surface area contributed by atoms with Crippen LogP contribution in [0.1, 0.15) is 75.4 Å². The summed E-state index contributed by atoms with van der Waals surface area (Å²) in [6.45, 7) is 4.64. The predicted octanol–water partition coefficient (Wildman–Crippen LogP) is 3.34. The topological polar surface area (TPSA) is 77.7 Å². The van der Waals surface area contributed by atoms with Gasteiger partial charge in [0.1, 0.15) is 0 Å². The van der Waals surface area contributed by atoms with E-state index >= 15 is 0 Å². The standard InChI is InChI=1S/C22H35N3O4/c26-22(18-5-3-1-2-4-6-18)25-11-7-19(15-25)21-23-20(24-29-21)10-14-28-16-17-8-12-27-13-9-17/h17-19H,1-16H2. The maximum atomic E-state index is 12.9. The second-order valence-electron chi connectivity index (χ2n) is 8.89. The number of hydrogen-bond donors (Lipinski definition) is 0. The zero-order chi connectivity index (χ0) is 19.9. The molecule has 1 unspecified atom stereocenters. The highest BCUT2D eigenvalue weighted by Crippen LogP contribution is 2.30. The molecule has 3 heterocycles. The molecule has 1 amide bonds. The van der Waals surface area contributed by atoms with Crippen LogP contribution in [0, 0.1) is 11.8 Å². The first-order chi connectivity index (χ1) is 14.3. The van der Waals surface area contributed by atoms with E-state index in [-0.39, 0.29) is 11.8 Å². The van der Waals surface area contributed by atoms with Gasteiger partial charge < -0.3 is 18.9 Å². The molecule has 7 nitrogen and oxygen atoms in total. The third-order valence-electron chi connectivity index (χ3n) is 6.70. The van der Waals surface area contributed by atoms with Crippen LogP contribution in [0.15, 0.2) is 4.52 Å². The Balaban J connectivity index is 1.19. The summed E-state index contributed by atoms with van der Waals surface area (Å²) in [5, 5.41) is 4.13. The van der Waals surface area contributed by atoms with Crippen molar-refractivity contribution in [2.24, 2.45) is 11.8 Å². The van der Waals surface area contributed by atoms with Crippen molar-refractivity contribution in [1.82, 2.24) is 15.0 Å². The fourth-order valence-corrected chi connectivity index (χ4v) is 4.81. The molecule has 1 saturated carbocycles. The van der Waals surface area contributed by atoms with Gasteiger partial charge in [0.25, 0.3) is 0 Å². The molecule has 1 atom stereocenters. The SMILES string of the molecule is O=C(C1CCCCCC1)N1CCC(c2nc(CCOCC3CCOCC3)no2)C1. The third kappa shape index (κ3) is 5.79. The quantitative estimate of drug-likeness (QED) is 0.511. The van der Waals surface area contributed by atoms with Crippen molar-refractivity contribution in [2.75, 3.05) is 39.5 Å². The molecule has 2 aliphatic heterocycles. The number of carbonyl (C=O) groups excluding carboxylic acids is 1. The van der Waals surface area contributed by atoms with Gasteiger partial charge in [0, 0.05) is 45.2 Å². The van der Waals surface area contributed by atoms with Gasteiger partial charge in [0.2, 0.25) is 11.8 Å². The van der Waals surface area contributed by atoms with E-state index in [9.17, 15) is 4.79 Å². The predicted molar refractivity (Wildman–Crippen MR) is 107 cm³/mol. The molecule has 7 heteroatoms. The summed E-state index contributed by atoms with van der Waals surface area (Å²) in [5.74, 6) is 2.74. The molecule has 0 N–H and O–H groups in total. The Morgan fingerprint density at radius 1 is 1.07 bits per heavy atom. The molecule has 162 valence electrons. The van der Waals surface area contributed by atoms with Gasteiger partial charge in [-0.3, -0.25) is 4.79 Å². The molecule has 0 spiro atoms. The first kappa shape index (κ1) is 20.8. The number of likely N-dealkylation sites (tertiary alicyclic amines) is 1. The molecular weight excluding hydrogens is 370 g/mol. The Morgan fingerprint density at radius 2 is 1.86 bits per heavy atom. The lowest BCUT2D eigenvalue weighted by Gasteiger charge is -2.22. The van der Waals surface area contributed by atoms with Gasteiger partial charge in [0.15, 0.2) is 5.82 Å². The first-order valence-electron chi connectivity index (χ1n) is 11.6. The molecule has 1 aromatic heterocycles. The smallest absolute Gasteiger partial charge is 0.231 e. The Bertz CT molecular complexity index is 636. The summed E-state index contributed by atoms with van der Waals surface area (Å²) in [6, 6.07) is 0. The summed E-state index contributed by atoms with van der Waals surface area (Å²) < 4.78 is 16.7. The van der Waals surface area contributed by atoms with Crippen LogP contribution in [0.5, 0.6) is 0 Å². The summed E-state index contributed by atoms with van der Waals surface area (Å²) in [4.78, 5) is 19.5. The monoisotopic (exact) mass is 405 g/mol. The van der Waals surface area contributed by atoms with Gasteiger partial charge in [-0.1, -0.05) is 30.8 Å². The number of nitrogens with zero attached hydrogens (tertiary/aromatic N) is 3. The van der Waals surface area contributed by atoms with Gasteiger partial charge in [-0.15, -0.1) is 0 Å². The fraction of sp³-hybridized carbons (Fsp3) is 0.864. The average molecular weight is 406 g/mol. The molecule has 0 bridgehead atoms. The van der Waals surface area contributed by atoms with Crippen molar-refractivity contribution < 1.29 is 18.8 Å². The van der Waals surface area contributed by atoms with E-state index in [1.807, 2.05) is 4.90 Å². The van der Waals surface area contributed by atoms with E-state index in [0.717, 1.165) is 65.0 Å². The largest absolute Gasteiger partial charge is 0.381 e. The fourth-order valence-electron chi connectivity index (χ4n) is 4.81. The maximum absolute atomic E-state index is 12.9. The molecule has 3 aliphatic rings. The van der Waals surface area contributed by atoms with Crippen LogP contribution in [0.25, 0.3) is 0 Å². The Labute approximate surface area is 173 Å². The number of rotatable bonds is 7. The van der Waals surface area contributed by atoms with Crippen LogP contribution in [0.2, 0.25) is 0 Å². The van der Waals surface area contributed by atoms with Crippen molar-refractivity contribution in [2.45, 2.75) is 70.1 Å². The molecule has 3 fully saturated rings. The molecule has 1 aliphatic carbocycles. The second kappa shape index (κ2) is 10.5. The van der Waals surface area contributed by atoms with Crippen LogP contribution in [-0.4, -0.2) is 60.5 Å². The highest BCUT2D eigenvalue weighted by atomic mass is 16.5. The Kier molecular flexibility index (Phi) is 7.55. The summed E-state index contributed by atoms with van der Waals surface area (Å²) in [7, 11) is 0. The Morgan fingerprint density at radius 3 is 2.66 bits per heavy atom. The first-order valence-corrected chi connectivity index (χ1v) is 11.6. The Hall–Kier alpha value is -1.47. The van der Waals surface area contributed by atoms with Gasteiger partial charge in [-0.05, 0) is 38.0 Å².